The molecule has 0 saturated heterocycles. The number of hydrogen-bond donors (Lipinski definition) is 1. The average molecular weight is 341 g/mol. The maximum Gasteiger partial charge on any atom is 0.230 e. The van der Waals surface area contributed by atoms with Crippen molar-refractivity contribution in [2.45, 2.75) is 34.1 Å². The number of hydrogen-bond acceptors (Lipinski definition) is 5. The Kier molecular flexibility index (Phi) is 4.49. The molecule has 0 saturated carbocycles. The van der Waals surface area contributed by atoms with Gasteiger partial charge in [-0.1, -0.05) is 22.9 Å². The number of carbonyl (C=O) groups is 1. The zero-order chi connectivity index (χ0) is 17.3. The molecule has 0 aliphatic heterocycles. The van der Waals surface area contributed by atoms with Gasteiger partial charge in [0.15, 0.2) is 5.13 Å². The third-order valence-corrected chi connectivity index (χ3v) is 4.70. The largest absolute Gasteiger partial charge is 0.361 e. The highest BCUT2D eigenvalue weighted by molar-refractivity contribution is 7.14. The molecule has 0 bridgehead atoms. The molecule has 3 rings (SSSR count). The first-order valence-corrected chi connectivity index (χ1v) is 8.56. The second kappa shape index (κ2) is 6.57. The lowest BCUT2D eigenvalue weighted by Gasteiger charge is -2.04. The van der Waals surface area contributed by atoms with Crippen molar-refractivity contribution in [1.29, 1.82) is 0 Å². The number of benzene rings is 1. The highest BCUT2D eigenvalue weighted by Crippen LogP contribution is 2.28. The highest BCUT2D eigenvalue weighted by Gasteiger charge is 2.15. The lowest BCUT2D eigenvalue weighted by atomic mass is 10.0. The van der Waals surface area contributed by atoms with E-state index in [-0.39, 0.29) is 12.3 Å². The van der Waals surface area contributed by atoms with Crippen LogP contribution in [-0.4, -0.2) is 16.0 Å². The van der Waals surface area contributed by atoms with Crippen LogP contribution in [-0.2, 0) is 11.2 Å². The van der Waals surface area contributed by atoms with Gasteiger partial charge in [-0.05, 0) is 39.3 Å². The van der Waals surface area contributed by atoms with Crippen molar-refractivity contribution in [1.82, 2.24) is 10.1 Å². The van der Waals surface area contributed by atoms with Gasteiger partial charge >= 0.3 is 0 Å². The molecule has 0 spiro atoms. The van der Waals surface area contributed by atoms with Gasteiger partial charge in [-0.25, -0.2) is 4.98 Å². The molecule has 6 heteroatoms. The third-order valence-electron chi connectivity index (χ3n) is 3.94. The summed E-state index contributed by atoms with van der Waals surface area (Å²) in [5.41, 5.74) is 5.91. The summed E-state index contributed by atoms with van der Waals surface area (Å²) in [7, 11) is 0. The lowest BCUT2D eigenvalue weighted by molar-refractivity contribution is -0.115. The molecular formula is C18H19N3O2S. The van der Waals surface area contributed by atoms with Crippen LogP contribution in [0.25, 0.3) is 11.3 Å². The van der Waals surface area contributed by atoms with Crippen LogP contribution >= 0.6 is 11.3 Å². The van der Waals surface area contributed by atoms with Gasteiger partial charge in [0.2, 0.25) is 5.91 Å². The second-order valence-electron chi connectivity index (χ2n) is 5.88. The van der Waals surface area contributed by atoms with E-state index in [1.54, 1.807) is 0 Å². The number of aromatic nitrogens is 2. The minimum atomic E-state index is -0.119. The first kappa shape index (κ1) is 16.4. The Morgan fingerprint density at radius 1 is 1.25 bits per heavy atom. The van der Waals surface area contributed by atoms with E-state index in [9.17, 15) is 4.79 Å². The molecule has 0 aliphatic rings. The first-order valence-electron chi connectivity index (χ1n) is 7.69. The summed E-state index contributed by atoms with van der Waals surface area (Å²) in [5, 5.41) is 9.29. The van der Waals surface area contributed by atoms with Crippen LogP contribution in [0.4, 0.5) is 5.13 Å². The Balaban J connectivity index is 1.74. The Bertz CT molecular complexity index is 876. The summed E-state index contributed by atoms with van der Waals surface area (Å²) in [4.78, 5) is 16.8. The van der Waals surface area contributed by atoms with Crippen molar-refractivity contribution in [3.05, 3.63) is 51.7 Å². The first-order chi connectivity index (χ1) is 11.4. The van der Waals surface area contributed by atoms with E-state index in [0.29, 0.717) is 10.9 Å². The fraction of sp³-hybridized carbons (Fsp3) is 0.278. The molecule has 1 aromatic carbocycles. The number of carbonyl (C=O) groups excluding carboxylic acids is 1. The number of aryl methyl sites for hydroxylation is 4. The SMILES string of the molecule is Cc1ccc(C)c(-c2csc(NC(=O)Cc3c(C)noc3C)n2)c1. The minimum Gasteiger partial charge on any atom is -0.361 e. The number of thiazole rings is 1. The summed E-state index contributed by atoms with van der Waals surface area (Å²) < 4.78 is 5.09. The van der Waals surface area contributed by atoms with E-state index in [2.05, 4.69) is 47.5 Å². The summed E-state index contributed by atoms with van der Waals surface area (Å²) >= 11 is 1.43. The Morgan fingerprint density at radius 3 is 2.75 bits per heavy atom. The van der Waals surface area contributed by atoms with Crippen molar-refractivity contribution in [2.75, 3.05) is 5.32 Å². The van der Waals surface area contributed by atoms with Gasteiger partial charge in [0.25, 0.3) is 0 Å². The number of nitrogens with zero attached hydrogens (tertiary/aromatic N) is 2. The molecule has 1 amide bonds. The van der Waals surface area contributed by atoms with Gasteiger partial charge in [0, 0.05) is 16.5 Å². The molecule has 0 atom stereocenters. The van der Waals surface area contributed by atoms with Gasteiger partial charge in [-0.15, -0.1) is 11.3 Å². The molecular weight excluding hydrogens is 322 g/mol. The minimum absolute atomic E-state index is 0.119. The summed E-state index contributed by atoms with van der Waals surface area (Å²) in [6, 6.07) is 6.27. The summed E-state index contributed by atoms with van der Waals surface area (Å²) in [5.74, 6) is 0.559. The molecule has 0 radical (unpaired) electrons. The van der Waals surface area contributed by atoms with Gasteiger partial charge < -0.3 is 9.84 Å². The zero-order valence-electron chi connectivity index (χ0n) is 14.1. The topological polar surface area (TPSA) is 68.0 Å². The van der Waals surface area contributed by atoms with E-state index >= 15 is 0 Å². The van der Waals surface area contributed by atoms with Gasteiger partial charge in [-0.3, -0.25) is 4.79 Å². The predicted octanol–water partition coefficient (Wildman–Crippen LogP) is 4.21. The van der Waals surface area contributed by atoms with Crippen molar-refractivity contribution in [2.24, 2.45) is 0 Å². The summed E-state index contributed by atoms with van der Waals surface area (Å²) in [6.07, 6.45) is 0.236. The highest BCUT2D eigenvalue weighted by atomic mass is 32.1. The molecule has 124 valence electrons. The van der Waals surface area contributed by atoms with E-state index in [0.717, 1.165) is 22.5 Å². The van der Waals surface area contributed by atoms with E-state index < -0.39 is 0 Å². The summed E-state index contributed by atoms with van der Waals surface area (Å²) in [6.45, 7) is 7.76. The van der Waals surface area contributed by atoms with E-state index in [1.807, 2.05) is 19.2 Å². The Labute approximate surface area is 144 Å². The normalized spacial score (nSPS) is 10.8. The van der Waals surface area contributed by atoms with Crippen LogP contribution in [0.5, 0.6) is 0 Å². The zero-order valence-corrected chi connectivity index (χ0v) is 15.0. The molecule has 3 aromatic rings. The molecule has 2 heterocycles. The van der Waals surface area contributed by atoms with Gasteiger partial charge in [-0.2, -0.15) is 0 Å². The second-order valence-corrected chi connectivity index (χ2v) is 6.74. The number of amides is 1. The van der Waals surface area contributed by atoms with Crippen molar-refractivity contribution in [3.63, 3.8) is 0 Å². The Hall–Kier alpha value is -2.47. The maximum atomic E-state index is 12.2. The lowest BCUT2D eigenvalue weighted by Crippen LogP contribution is -2.15. The third kappa shape index (κ3) is 3.38. The monoisotopic (exact) mass is 341 g/mol. The molecule has 0 fully saturated rings. The van der Waals surface area contributed by atoms with Crippen LogP contribution in [0.15, 0.2) is 28.1 Å². The maximum absolute atomic E-state index is 12.2. The van der Waals surface area contributed by atoms with Gasteiger partial charge in [0.05, 0.1) is 17.8 Å². The molecule has 5 nitrogen and oxygen atoms in total. The predicted molar refractivity (Wildman–Crippen MR) is 95.3 cm³/mol. The van der Waals surface area contributed by atoms with Crippen molar-refractivity contribution < 1.29 is 9.32 Å². The van der Waals surface area contributed by atoms with Gasteiger partial charge in [0.1, 0.15) is 5.76 Å². The smallest absolute Gasteiger partial charge is 0.230 e. The molecule has 24 heavy (non-hydrogen) atoms. The van der Waals surface area contributed by atoms with Crippen LogP contribution in [0.3, 0.4) is 0 Å². The molecule has 2 aromatic heterocycles. The molecule has 0 unspecified atom stereocenters. The fourth-order valence-electron chi connectivity index (χ4n) is 2.54. The average Bonchev–Trinajstić information content (AvgIpc) is 3.11. The van der Waals surface area contributed by atoms with Crippen LogP contribution < -0.4 is 5.32 Å². The molecule has 1 N–H and O–H groups in total. The molecule has 0 aliphatic carbocycles. The standard InChI is InChI=1S/C18H19N3O2S/c1-10-5-6-11(2)14(7-10)16-9-24-18(19-16)20-17(22)8-15-12(3)21-23-13(15)4/h5-7,9H,8H2,1-4H3,(H,19,20,22). The van der Waals surface area contributed by atoms with E-state index in [4.69, 9.17) is 4.52 Å². The number of anilines is 1. The quantitative estimate of drug-likeness (QED) is 0.772. The fourth-order valence-corrected chi connectivity index (χ4v) is 3.27. The van der Waals surface area contributed by atoms with Crippen molar-refractivity contribution in [3.8, 4) is 11.3 Å². The number of nitrogens with one attached hydrogen (secondary N) is 1. The van der Waals surface area contributed by atoms with Crippen LogP contribution in [0.2, 0.25) is 0 Å². The van der Waals surface area contributed by atoms with Crippen LogP contribution in [0.1, 0.15) is 28.1 Å². The van der Waals surface area contributed by atoms with E-state index in [1.165, 1.54) is 22.5 Å². The van der Waals surface area contributed by atoms with Crippen molar-refractivity contribution >= 4 is 22.4 Å². The van der Waals surface area contributed by atoms with Crippen LogP contribution in [0, 0.1) is 27.7 Å². The Morgan fingerprint density at radius 2 is 2.04 bits per heavy atom. The number of rotatable bonds is 4.